The summed E-state index contributed by atoms with van der Waals surface area (Å²) in [5, 5.41) is 9.13. The van der Waals surface area contributed by atoms with Crippen molar-refractivity contribution in [2.75, 3.05) is 24.3 Å². The molecule has 0 saturated carbocycles. The van der Waals surface area contributed by atoms with Crippen molar-refractivity contribution in [3.05, 3.63) is 42.2 Å². The van der Waals surface area contributed by atoms with Gasteiger partial charge in [0, 0.05) is 31.7 Å². The van der Waals surface area contributed by atoms with Crippen LogP contribution in [-0.4, -0.2) is 30.2 Å². The molecule has 1 amide bonds. The lowest BCUT2D eigenvalue weighted by Gasteiger charge is -2.12. The zero-order valence-electron chi connectivity index (χ0n) is 9.77. The highest BCUT2D eigenvalue weighted by Gasteiger charge is 2.06. The molecule has 17 heavy (non-hydrogen) atoms. The van der Waals surface area contributed by atoms with E-state index >= 15 is 0 Å². The van der Waals surface area contributed by atoms with Gasteiger partial charge in [-0.25, -0.2) is 0 Å². The lowest BCUT2D eigenvalue weighted by Crippen LogP contribution is -2.13. The van der Waals surface area contributed by atoms with Gasteiger partial charge in [-0.1, -0.05) is 0 Å². The molecule has 1 aromatic heterocycles. The van der Waals surface area contributed by atoms with Gasteiger partial charge in [0.1, 0.15) is 5.69 Å². The molecule has 2 rings (SSSR count). The Morgan fingerprint density at radius 1 is 1.24 bits per heavy atom. The number of aromatic amines is 1. The molecule has 0 unspecified atom stereocenters. The van der Waals surface area contributed by atoms with E-state index in [0.29, 0.717) is 5.69 Å². The quantitative estimate of drug-likeness (QED) is 0.844. The number of nitrogens with zero attached hydrogens (tertiary/aromatic N) is 2. The second-order valence-electron chi connectivity index (χ2n) is 3.87. The van der Waals surface area contributed by atoms with Crippen LogP contribution in [0.2, 0.25) is 0 Å². The molecule has 88 valence electrons. The van der Waals surface area contributed by atoms with Gasteiger partial charge >= 0.3 is 0 Å². The van der Waals surface area contributed by atoms with E-state index in [4.69, 9.17) is 0 Å². The van der Waals surface area contributed by atoms with Gasteiger partial charge in [0.15, 0.2) is 0 Å². The Hall–Kier alpha value is -2.30. The molecule has 0 atom stereocenters. The third-order valence-corrected chi connectivity index (χ3v) is 2.39. The Labute approximate surface area is 99.5 Å². The molecule has 1 heterocycles. The Kier molecular flexibility index (Phi) is 3.09. The first-order chi connectivity index (χ1) is 8.16. The highest BCUT2D eigenvalue weighted by atomic mass is 16.1. The number of aromatic nitrogens is 2. The predicted octanol–water partition coefficient (Wildman–Crippen LogP) is 1.73. The molecule has 2 aromatic rings. The molecule has 0 radical (unpaired) electrons. The van der Waals surface area contributed by atoms with Crippen LogP contribution >= 0.6 is 0 Å². The maximum atomic E-state index is 11.7. The van der Waals surface area contributed by atoms with Crippen molar-refractivity contribution in [3.63, 3.8) is 0 Å². The zero-order valence-corrected chi connectivity index (χ0v) is 9.77. The number of amides is 1. The standard InChI is InChI=1S/C12H14N4O/c1-16(2)10-5-3-9(4-6-10)14-12(17)11-7-8-13-15-11/h3-8H,1-2H3,(H,13,15)(H,14,17). The molecular formula is C12H14N4O. The van der Waals surface area contributed by atoms with Gasteiger partial charge in [0.2, 0.25) is 0 Å². The Morgan fingerprint density at radius 2 is 1.94 bits per heavy atom. The average Bonchev–Trinajstić information content (AvgIpc) is 2.83. The molecule has 0 aliphatic heterocycles. The van der Waals surface area contributed by atoms with Crippen LogP contribution in [0.3, 0.4) is 0 Å². The molecule has 1 aromatic carbocycles. The fourth-order valence-electron chi connectivity index (χ4n) is 1.42. The maximum absolute atomic E-state index is 11.7. The average molecular weight is 230 g/mol. The Bertz CT molecular complexity index is 488. The predicted molar refractivity (Wildman–Crippen MR) is 67.3 cm³/mol. The van der Waals surface area contributed by atoms with Gasteiger partial charge in [-0.3, -0.25) is 9.89 Å². The fourth-order valence-corrected chi connectivity index (χ4v) is 1.42. The molecule has 0 saturated heterocycles. The molecule has 0 spiro atoms. The minimum Gasteiger partial charge on any atom is -0.378 e. The zero-order chi connectivity index (χ0) is 12.3. The molecule has 0 fully saturated rings. The topological polar surface area (TPSA) is 61.0 Å². The second kappa shape index (κ2) is 4.69. The van der Waals surface area contributed by atoms with Crippen LogP contribution in [0, 0.1) is 0 Å². The third-order valence-electron chi connectivity index (χ3n) is 2.39. The lowest BCUT2D eigenvalue weighted by atomic mass is 10.2. The summed E-state index contributed by atoms with van der Waals surface area (Å²) in [6.07, 6.45) is 1.55. The minimum absolute atomic E-state index is 0.194. The van der Waals surface area contributed by atoms with Gasteiger partial charge in [-0.15, -0.1) is 0 Å². The summed E-state index contributed by atoms with van der Waals surface area (Å²) in [4.78, 5) is 13.7. The van der Waals surface area contributed by atoms with Crippen LogP contribution in [0.25, 0.3) is 0 Å². The van der Waals surface area contributed by atoms with Crippen molar-refractivity contribution >= 4 is 17.3 Å². The van der Waals surface area contributed by atoms with E-state index in [1.807, 2.05) is 43.3 Å². The second-order valence-corrected chi connectivity index (χ2v) is 3.87. The normalized spacial score (nSPS) is 10.0. The highest BCUT2D eigenvalue weighted by Crippen LogP contribution is 2.16. The highest BCUT2D eigenvalue weighted by molar-refractivity contribution is 6.02. The molecule has 0 aliphatic carbocycles. The summed E-state index contributed by atoms with van der Waals surface area (Å²) in [5.41, 5.74) is 2.29. The summed E-state index contributed by atoms with van der Waals surface area (Å²) >= 11 is 0. The number of hydrogen-bond donors (Lipinski definition) is 2. The van der Waals surface area contributed by atoms with E-state index in [0.717, 1.165) is 11.4 Å². The molecule has 5 heteroatoms. The van der Waals surface area contributed by atoms with Crippen molar-refractivity contribution < 1.29 is 4.79 Å². The van der Waals surface area contributed by atoms with Crippen molar-refractivity contribution in [3.8, 4) is 0 Å². The monoisotopic (exact) mass is 230 g/mol. The molecule has 5 nitrogen and oxygen atoms in total. The summed E-state index contributed by atoms with van der Waals surface area (Å²) in [7, 11) is 3.94. The number of hydrogen-bond acceptors (Lipinski definition) is 3. The van der Waals surface area contributed by atoms with E-state index < -0.39 is 0 Å². The summed E-state index contributed by atoms with van der Waals surface area (Å²) in [6, 6.07) is 9.25. The number of anilines is 2. The SMILES string of the molecule is CN(C)c1ccc(NC(=O)c2ccn[nH]2)cc1. The van der Waals surface area contributed by atoms with Gasteiger partial charge in [0.25, 0.3) is 5.91 Å². The van der Waals surface area contributed by atoms with E-state index in [1.165, 1.54) is 0 Å². The molecule has 0 aliphatic rings. The third kappa shape index (κ3) is 2.63. The van der Waals surface area contributed by atoms with E-state index in [9.17, 15) is 4.79 Å². The van der Waals surface area contributed by atoms with Crippen LogP contribution in [0.5, 0.6) is 0 Å². The lowest BCUT2D eigenvalue weighted by molar-refractivity contribution is 0.102. The van der Waals surface area contributed by atoms with Gasteiger partial charge in [-0.05, 0) is 30.3 Å². The number of carbonyl (C=O) groups excluding carboxylic acids is 1. The van der Waals surface area contributed by atoms with Crippen molar-refractivity contribution in [2.24, 2.45) is 0 Å². The minimum atomic E-state index is -0.194. The molecule has 0 bridgehead atoms. The number of carbonyl (C=O) groups is 1. The molecule has 2 N–H and O–H groups in total. The molecular weight excluding hydrogens is 216 g/mol. The number of H-pyrrole nitrogens is 1. The van der Waals surface area contributed by atoms with E-state index in [1.54, 1.807) is 12.3 Å². The maximum Gasteiger partial charge on any atom is 0.273 e. The van der Waals surface area contributed by atoms with Crippen LogP contribution in [0.1, 0.15) is 10.5 Å². The first-order valence-electron chi connectivity index (χ1n) is 5.25. The number of benzene rings is 1. The number of nitrogens with one attached hydrogen (secondary N) is 2. The first kappa shape index (κ1) is 11.2. The van der Waals surface area contributed by atoms with Crippen molar-refractivity contribution in [1.29, 1.82) is 0 Å². The summed E-state index contributed by atoms with van der Waals surface area (Å²) < 4.78 is 0. The van der Waals surface area contributed by atoms with Gasteiger partial charge in [0.05, 0.1) is 0 Å². The first-order valence-corrected chi connectivity index (χ1v) is 5.25. The van der Waals surface area contributed by atoms with E-state index in [2.05, 4.69) is 15.5 Å². The Morgan fingerprint density at radius 3 is 2.47 bits per heavy atom. The van der Waals surface area contributed by atoms with E-state index in [-0.39, 0.29) is 5.91 Å². The van der Waals surface area contributed by atoms with Crippen molar-refractivity contribution in [1.82, 2.24) is 10.2 Å². The smallest absolute Gasteiger partial charge is 0.273 e. The summed E-state index contributed by atoms with van der Waals surface area (Å²) in [5.74, 6) is -0.194. The largest absolute Gasteiger partial charge is 0.378 e. The van der Waals surface area contributed by atoms with Gasteiger partial charge < -0.3 is 10.2 Å². The van der Waals surface area contributed by atoms with Crippen LogP contribution in [0.15, 0.2) is 36.5 Å². The van der Waals surface area contributed by atoms with Crippen LogP contribution < -0.4 is 10.2 Å². The number of rotatable bonds is 3. The fraction of sp³-hybridized carbons (Fsp3) is 0.167. The van der Waals surface area contributed by atoms with Crippen LogP contribution in [0.4, 0.5) is 11.4 Å². The summed E-state index contributed by atoms with van der Waals surface area (Å²) in [6.45, 7) is 0. The van der Waals surface area contributed by atoms with Gasteiger partial charge in [-0.2, -0.15) is 5.10 Å². The Balaban J connectivity index is 2.07. The van der Waals surface area contributed by atoms with Crippen molar-refractivity contribution in [2.45, 2.75) is 0 Å². The van der Waals surface area contributed by atoms with Crippen LogP contribution in [-0.2, 0) is 0 Å².